The molecular weight excluding hydrogens is 524 g/mol. The number of nitrogens with zero attached hydrogens (tertiary/aromatic N) is 4. The monoisotopic (exact) mass is 552 g/mol. The average Bonchev–Trinajstić information content (AvgIpc) is 3.50. The minimum atomic E-state index is -3.14. The number of methoxy groups -OCH3 is 1. The van der Waals surface area contributed by atoms with Crippen LogP contribution in [0.1, 0.15) is 28.8 Å². The van der Waals surface area contributed by atoms with Crippen molar-refractivity contribution < 1.29 is 17.9 Å². The van der Waals surface area contributed by atoms with Gasteiger partial charge in [0.1, 0.15) is 17.1 Å². The number of anilines is 2. The zero-order chi connectivity index (χ0) is 27.9. The molecule has 2 aromatic heterocycles. The second-order valence-corrected chi connectivity index (χ2v) is 12.1. The topological polar surface area (TPSA) is 94.4 Å². The minimum absolute atomic E-state index is 0.0446. The first kappa shape index (κ1) is 25.8. The number of hydrogen-bond acceptors (Lipinski definition) is 6. The summed E-state index contributed by atoms with van der Waals surface area (Å²) in [4.78, 5) is 25.8. The van der Waals surface area contributed by atoms with Gasteiger partial charge in [-0.1, -0.05) is 36.4 Å². The summed E-state index contributed by atoms with van der Waals surface area (Å²) >= 11 is 0. The van der Waals surface area contributed by atoms with Crippen LogP contribution in [-0.4, -0.2) is 47.5 Å². The fraction of sp³-hybridized carbons (Fsp3) is 0.194. The molecule has 40 heavy (non-hydrogen) atoms. The molecule has 3 aromatic carbocycles. The number of ether oxygens (including phenoxy) is 1. The Morgan fingerprint density at radius 2 is 1.55 bits per heavy atom. The maximum Gasteiger partial charge on any atom is 0.283 e. The van der Waals surface area contributed by atoms with Gasteiger partial charge in [0, 0.05) is 16.9 Å². The van der Waals surface area contributed by atoms with Crippen LogP contribution in [0.4, 0.5) is 11.4 Å². The van der Waals surface area contributed by atoms with E-state index in [0.29, 0.717) is 46.1 Å². The number of benzene rings is 3. The minimum Gasteiger partial charge on any atom is -0.497 e. The Balaban J connectivity index is 1.58. The smallest absolute Gasteiger partial charge is 0.283 e. The first-order chi connectivity index (χ1) is 19.3. The largest absolute Gasteiger partial charge is 0.497 e. The first-order valence-corrected chi connectivity index (χ1v) is 14.9. The molecule has 1 unspecified atom stereocenters. The van der Waals surface area contributed by atoms with E-state index in [-0.39, 0.29) is 29.1 Å². The van der Waals surface area contributed by atoms with Gasteiger partial charge in [-0.3, -0.25) is 9.69 Å². The highest BCUT2D eigenvalue weighted by Crippen LogP contribution is 2.35. The van der Waals surface area contributed by atoms with E-state index < -0.39 is 9.84 Å². The molecule has 5 aromatic rings. The van der Waals surface area contributed by atoms with Crippen molar-refractivity contribution in [3.05, 3.63) is 103 Å². The van der Waals surface area contributed by atoms with Gasteiger partial charge in [-0.2, -0.15) is 0 Å². The molecule has 1 amide bonds. The van der Waals surface area contributed by atoms with Crippen LogP contribution < -0.4 is 9.64 Å². The van der Waals surface area contributed by atoms with Crippen molar-refractivity contribution in [1.29, 1.82) is 0 Å². The van der Waals surface area contributed by atoms with Crippen molar-refractivity contribution in [1.82, 2.24) is 14.5 Å². The lowest BCUT2D eigenvalue weighted by Crippen LogP contribution is -2.27. The predicted octanol–water partition coefficient (Wildman–Crippen LogP) is 5.75. The van der Waals surface area contributed by atoms with Crippen LogP contribution >= 0.6 is 0 Å². The number of hydrogen-bond donors (Lipinski definition) is 0. The van der Waals surface area contributed by atoms with Crippen molar-refractivity contribution in [2.24, 2.45) is 0 Å². The maximum atomic E-state index is 14.5. The van der Waals surface area contributed by atoms with Gasteiger partial charge in [0.2, 0.25) is 0 Å². The zero-order valence-electron chi connectivity index (χ0n) is 22.2. The third-order valence-electron chi connectivity index (χ3n) is 7.25. The molecule has 8 nitrogen and oxygen atoms in total. The third-order valence-corrected chi connectivity index (χ3v) is 9.00. The number of rotatable bonds is 6. The van der Waals surface area contributed by atoms with Gasteiger partial charge in [-0.25, -0.2) is 18.4 Å². The van der Waals surface area contributed by atoms with E-state index in [9.17, 15) is 13.2 Å². The van der Waals surface area contributed by atoms with Crippen molar-refractivity contribution in [3.63, 3.8) is 0 Å². The molecule has 1 atom stereocenters. The Morgan fingerprint density at radius 1 is 0.925 bits per heavy atom. The lowest BCUT2D eigenvalue weighted by molar-refractivity contribution is 0.0996. The number of aryl methyl sites for hydroxylation is 1. The Morgan fingerprint density at radius 3 is 2.10 bits per heavy atom. The van der Waals surface area contributed by atoms with Crippen LogP contribution in [0.3, 0.4) is 0 Å². The average molecular weight is 553 g/mol. The lowest BCUT2D eigenvalue weighted by Gasteiger charge is -2.23. The van der Waals surface area contributed by atoms with Gasteiger partial charge in [0.05, 0.1) is 35.9 Å². The second-order valence-electron chi connectivity index (χ2n) is 9.85. The number of amides is 1. The molecule has 0 aliphatic carbocycles. The Labute approximate surface area is 232 Å². The van der Waals surface area contributed by atoms with Crippen molar-refractivity contribution >= 4 is 38.2 Å². The maximum absolute atomic E-state index is 14.5. The van der Waals surface area contributed by atoms with Gasteiger partial charge in [0.15, 0.2) is 15.5 Å². The Kier molecular flexibility index (Phi) is 6.59. The quantitative estimate of drug-likeness (QED) is 0.266. The van der Waals surface area contributed by atoms with Crippen molar-refractivity contribution in [2.45, 2.75) is 19.4 Å². The van der Waals surface area contributed by atoms with E-state index in [4.69, 9.17) is 14.7 Å². The number of sulfone groups is 1. The molecule has 0 bridgehead atoms. The van der Waals surface area contributed by atoms with Gasteiger partial charge >= 0.3 is 0 Å². The summed E-state index contributed by atoms with van der Waals surface area (Å²) in [7, 11) is -1.54. The Hall–Kier alpha value is -4.50. The van der Waals surface area contributed by atoms with Crippen molar-refractivity contribution in [2.75, 3.05) is 23.5 Å². The van der Waals surface area contributed by atoms with Crippen LogP contribution in [0.5, 0.6) is 5.75 Å². The molecule has 1 aliphatic rings. The van der Waals surface area contributed by atoms with Gasteiger partial charge in [-0.05, 0) is 67.9 Å². The highest BCUT2D eigenvalue weighted by atomic mass is 32.2. The fourth-order valence-electron chi connectivity index (χ4n) is 5.35. The van der Waals surface area contributed by atoms with Gasteiger partial charge < -0.3 is 9.30 Å². The fourth-order valence-corrected chi connectivity index (χ4v) is 7.05. The van der Waals surface area contributed by atoms with Crippen LogP contribution in [0.2, 0.25) is 0 Å². The van der Waals surface area contributed by atoms with E-state index in [0.717, 1.165) is 5.56 Å². The SMILES string of the molecule is COc1ccc(-c2cc3c(nc(C)n3C3CCS(=O)(=O)C3)c(C(=O)N(c3ccccc3)c3ccccc3)n2)cc1. The molecule has 0 saturated carbocycles. The molecule has 1 aliphatic heterocycles. The van der Waals surface area contributed by atoms with E-state index >= 15 is 0 Å². The van der Waals surface area contributed by atoms with Gasteiger partial charge in [0.25, 0.3) is 5.91 Å². The van der Waals surface area contributed by atoms with Crippen LogP contribution in [0, 0.1) is 6.92 Å². The number of imidazole rings is 1. The molecule has 202 valence electrons. The zero-order valence-corrected chi connectivity index (χ0v) is 23.0. The molecule has 0 radical (unpaired) electrons. The van der Waals surface area contributed by atoms with E-state index in [2.05, 4.69) is 0 Å². The summed E-state index contributed by atoms with van der Waals surface area (Å²) < 4.78 is 32.1. The van der Waals surface area contributed by atoms with E-state index in [1.165, 1.54) is 0 Å². The van der Waals surface area contributed by atoms with Crippen LogP contribution in [0.25, 0.3) is 22.3 Å². The molecule has 9 heteroatoms. The first-order valence-electron chi connectivity index (χ1n) is 13.0. The van der Waals surface area contributed by atoms with Crippen molar-refractivity contribution in [3.8, 4) is 17.0 Å². The second kappa shape index (κ2) is 10.2. The molecule has 0 spiro atoms. The van der Waals surface area contributed by atoms with Crippen LogP contribution in [-0.2, 0) is 9.84 Å². The summed E-state index contributed by atoms with van der Waals surface area (Å²) in [5, 5.41) is 0. The normalized spacial score (nSPS) is 16.2. The Bertz CT molecular complexity index is 1760. The molecule has 1 saturated heterocycles. The van der Waals surface area contributed by atoms with E-state index in [1.807, 2.05) is 102 Å². The molecule has 6 rings (SSSR count). The molecule has 1 fully saturated rings. The summed E-state index contributed by atoms with van der Waals surface area (Å²) in [6.07, 6.45) is 0.498. The van der Waals surface area contributed by atoms with E-state index in [1.54, 1.807) is 12.0 Å². The summed E-state index contributed by atoms with van der Waals surface area (Å²) in [6.45, 7) is 1.85. The number of fused-ring (bicyclic) bond motifs is 1. The molecule has 3 heterocycles. The number of pyridine rings is 1. The summed E-state index contributed by atoms with van der Waals surface area (Å²) in [5.74, 6) is 1.20. The van der Waals surface area contributed by atoms with Gasteiger partial charge in [-0.15, -0.1) is 0 Å². The predicted molar refractivity (Wildman–Crippen MR) is 156 cm³/mol. The standard InChI is InChI=1S/C31H28N4O4S/c1-21-32-29-28(34(21)25-17-18-40(37,38)20-25)19-27(22-13-15-26(39-2)16-14-22)33-30(29)31(36)35(23-9-5-3-6-10-23)24-11-7-4-8-12-24/h3-16,19,25H,17-18,20H2,1-2H3. The third kappa shape index (κ3) is 4.73. The number of para-hydroxylation sites is 2. The van der Waals surface area contributed by atoms with Crippen LogP contribution in [0.15, 0.2) is 91.0 Å². The lowest BCUT2D eigenvalue weighted by atomic mass is 10.1. The molecular formula is C31H28N4O4S. The number of carbonyl (C=O) groups excluding carboxylic acids is 1. The number of carbonyl (C=O) groups is 1. The number of aromatic nitrogens is 3. The highest BCUT2D eigenvalue weighted by Gasteiger charge is 2.33. The summed E-state index contributed by atoms with van der Waals surface area (Å²) in [6, 6.07) is 27.9. The summed E-state index contributed by atoms with van der Waals surface area (Å²) in [5.41, 5.74) is 4.10. The molecule has 0 N–H and O–H groups in total. The highest BCUT2D eigenvalue weighted by molar-refractivity contribution is 7.91.